The minimum atomic E-state index is -3.64. The molecule has 1 amide bonds. The number of hydrogen-bond donors (Lipinski definition) is 1. The van der Waals surface area contributed by atoms with Gasteiger partial charge in [0.1, 0.15) is 5.75 Å². The molecule has 0 unspecified atom stereocenters. The van der Waals surface area contributed by atoms with E-state index in [1.54, 1.807) is 6.07 Å². The van der Waals surface area contributed by atoms with Crippen LogP contribution in [0.3, 0.4) is 0 Å². The molecular formula is C20H23N3O4S. The molecule has 0 spiro atoms. The number of aryl methyl sites for hydroxylation is 1. The van der Waals surface area contributed by atoms with Gasteiger partial charge in [0.15, 0.2) is 6.61 Å². The first-order chi connectivity index (χ1) is 13.4. The van der Waals surface area contributed by atoms with Crippen LogP contribution in [0.4, 0.5) is 11.4 Å². The number of hydrogen-bond acceptors (Lipinski definition) is 5. The van der Waals surface area contributed by atoms with Gasteiger partial charge < -0.3 is 15.0 Å². The van der Waals surface area contributed by atoms with Crippen LogP contribution in [0.25, 0.3) is 0 Å². The summed E-state index contributed by atoms with van der Waals surface area (Å²) >= 11 is 0. The van der Waals surface area contributed by atoms with Crippen molar-refractivity contribution in [1.29, 1.82) is 0 Å². The Kier molecular flexibility index (Phi) is 4.76. The molecular weight excluding hydrogens is 378 g/mol. The van der Waals surface area contributed by atoms with Crippen molar-refractivity contribution >= 4 is 27.3 Å². The number of benzene rings is 2. The zero-order valence-corrected chi connectivity index (χ0v) is 16.8. The van der Waals surface area contributed by atoms with Crippen LogP contribution in [-0.2, 0) is 14.8 Å². The maximum atomic E-state index is 13.1. The van der Waals surface area contributed by atoms with E-state index >= 15 is 0 Å². The minimum Gasteiger partial charge on any atom is -0.482 e. The van der Waals surface area contributed by atoms with Crippen molar-refractivity contribution in [2.45, 2.75) is 18.7 Å². The fourth-order valence-electron chi connectivity index (χ4n) is 3.62. The molecule has 2 aliphatic rings. The maximum absolute atomic E-state index is 13.1. The first-order valence-corrected chi connectivity index (χ1v) is 10.7. The molecule has 0 aromatic heterocycles. The van der Waals surface area contributed by atoms with Crippen LogP contribution in [0, 0.1) is 13.8 Å². The van der Waals surface area contributed by atoms with E-state index in [-0.39, 0.29) is 17.4 Å². The fourth-order valence-corrected chi connectivity index (χ4v) is 5.07. The molecule has 1 N–H and O–H groups in total. The molecule has 2 aliphatic heterocycles. The molecule has 1 fully saturated rings. The topological polar surface area (TPSA) is 79.0 Å². The van der Waals surface area contributed by atoms with Crippen molar-refractivity contribution in [3.63, 3.8) is 0 Å². The van der Waals surface area contributed by atoms with E-state index in [2.05, 4.69) is 36.2 Å². The SMILES string of the molecule is Cc1cccc(N2CCN(S(=O)(=O)c3ccc4c(c3)NC(=O)CO4)CC2)c1C. The van der Waals surface area contributed by atoms with Crippen LogP contribution in [0.15, 0.2) is 41.3 Å². The second kappa shape index (κ2) is 7.10. The molecule has 0 atom stereocenters. The summed E-state index contributed by atoms with van der Waals surface area (Å²) in [5.41, 5.74) is 4.01. The highest BCUT2D eigenvalue weighted by Gasteiger charge is 2.30. The molecule has 0 aliphatic carbocycles. The van der Waals surface area contributed by atoms with E-state index in [0.717, 1.165) is 5.69 Å². The van der Waals surface area contributed by atoms with Crippen LogP contribution in [0.1, 0.15) is 11.1 Å². The van der Waals surface area contributed by atoms with Crippen molar-refractivity contribution in [1.82, 2.24) is 4.31 Å². The predicted octanol–water partition coefficient (Wildman–Crippen LogP) is 2.15. The number of nitrogens with one attached hydrogen (secondary N) is 1. The Morgan fingerprint density at radius 2 is 1.79 bits per heavy atom. The monoisotopic (exact) mass is 401 g/mol. The molecule has 0 bridgehead atoms. The van der Waals surface area contributed by atoms with Gasteiger partial charge in [-0.2, -0.15) is 4.31 Å². The number of rotatable bonds is 3. The lowest BCUT2D eigenvalue weighted by Gasteiger charge is -2.36. The Morgan fingerprint density at radius 1 is 1.04 bits per heavy atom. The van der Waals surface area contributed by atoms with Gasteiger partial charge >= 0.3 is 0 Å². The lowest BCUT2D eigenvalue weighted by atomic mass is 10.1. The van der Waals surface area contributed by atoms with Gasteiger partial charge in [-0.1, -0.05) is 12.1 Å². The summed E-state index contributed by atoms with van der Waals surface area (Å²) in [6, 6.07) is 10.8. The summed E-state index contributed by atoms with van der Waals surface area (Å²) in [7, 11) is -3.64. The van der Waals surface area contributed by atoms with Crippen molar-refractivity contribution in [3.05, 3.63) is 47.5 Å². The molecule has 0 saturated carbocycles. The molecule has 0 radical (unpaired) electrons. The second-order valence-corrected chi connectivity index (χ2v) is 9.04. The average Bonchev–Trinajstić information content (AvgIpc) is 2.69. The highest BCUT2D eigenvalue weighted by atomic mass is 32.2. The normalized spacial score (nSPS) is 17.6. The lowest BCUT2D eigenvalue weighted by Crippen LogP contribution is -2.48. The van der Waals surface area contributed by atoms with Gasteiger partial charge in [-0.15, -0.1) is 0 Å². The lowest BCUT2D eigenvalue weighted by molar-refractivity contribution is -0.118. The molecule has 148 valence electrons. The number of fused-ring (bicyclic) bond motifs is 1. The zero-order chi connectivity index (χ0) is 19.9. The number of sulfonamides is 1. The van der Waals surface area contributed by atoms with E-state index in [4.69, 9.17) is 4.74 Å². The molecule has 2 heterocycles. The van der Waals surface area contributed by atoms with Gasteiger partial charge in [-0.25, -0.2) is 8.42 Å². The highest BCUT2D eigenvalue weighted by Crippen LogP contribution is 2.32. The van der Waals surface area contributed by atoms with E-state index in [1.165, 1.54) is 27.6 Å². The molecule has 2 aromatic rings. The van der Waals surface area contributed by atoms with Crippen molar-refractivity contribution in [2.75, 3.05) is 43.0 Å². The Labute approximate surface area is 165 Å². The molecule has 1 saturated heterocycles. The summed E-state index contributed by atoms with van der Waals surface area (Å²) in [6.45, 7) is 6.21. The number of amides is 1. The van der Waals surface area contributed by atoms with Crippen molar-refractivity contribution in [3.8, 4) is 5.75 Å². The molecule has 7 nitrogen and oxygen atoms in total. The van der Waals surface area contributed by atoms with E-state index in [1.807, 2.05) is 6.07 Å². The van der Waals surface area contributed by atoms with E-state index in [0.29, 0.717) is 37.6 Å². The van der Waals surface area contributed by atoms with Crippen LogP contribution in [-0.4, -0.2) is 51.4 Å². The van der Waals surface area contributed by atoms with Gasteiger partial charge in [-0.05, 0) is 49.2 Å². The standard InChI is InChI=1S/C20H23N3O4S/c1-14-4-3-5-18(15(14)2)22-8-10-23(11-9-22)28(25,26)16-6-7-19-17(12-16)21-20(24)13-27-19/h3-7,12H,8-11,13H2,1-2H3,(H,21,24). The summed E-state index contributed by atoms with van der Waals surface area (Å²) in [5.74, 6) is 0.197. The Hall–Kier alpha value is -2.58. The van der Waals surface area contributed by atoms with Gasteiger partial charge in [-0.3, -0.25) is 4.79 Å². The number of nitrogens with zero attached hydrogens (tertiary/aromatic N) is 2. The first-order valence-electron chi connectivity index (χ1n) is 9.24. The third-order valence-electron chi connectivity index (χ3n) is 5.38. The third kappa shape index (κ3) is 3.33. The smallest absolute Gasteiger partial charge is 0.262 e. The Bertz CT molecular complexity index is 1030. The van der Waals surface area contributed by atoms with Crippen molar-refractivity contribution < 1.29 is 17.9 Å². The average molecular weight is 401 g/mol. The molecule has 28 heavy (non-hydrogen) atoms. The van der Waals surface area contributed by atoms with Crippen LogP contribution in [0.5, 0.6) is 5.75 Å². The summed E-state index contributed by atoms with van der Waals surface area (Å²) in [4.78, 5) is 13.9. The first kappa shape index (κ1) is 18.8. The summed E-state index contributed by atoms with van der Waals surface area (Å²) in [5, 5.41) is 2.66. The molecule has 8 heteroatoms. The summed E-state index contributed by atoms with van der Waals surface area (Å²) < 4.78 is 33.0. The number of carbonyl (C=O) groups excluding carboxylic acids is 1. The van der Waals surface area contributed by atoms with Gasteiger partial charge in [0.05, 0.1) is 10.6 Å². The van der Waals surface area contributed by atoms with Gasteiger partial charge in [0, 0.05) is 31.9 Å². The van der Waals surface area contributed by atoms with Gasteiger partial charge in [0.25, 0.3) is 5.91 Å². The van der Waals surface area contributed by atoms with E-state index in [9.17, 15) is 13.2 Å². The number of ether oxygens (including phenoxy) is 1. The maximum Gasteiger partial charge on any atom is 0.262 e. The quantitative estimate of drug-likeness (QED) is 0.853. The molecule has 4 rings (SSSR count). The predicted molar refractivity (Wildman–Crippen MR) is 107 cm³/mol. The molecule has 2 aromatic carbocycles. The Balaban J connectivity index is 1.52. The van der Waals surface area contributed by atoms with Crippen LogP contribution >= 0.6 is 0 Å². The van der Waals surface area contributed by atoms with E-state index < -0.39 is 10.0 Å². The van der Waals surface area contributed by atoms with Gasteiger partial charge in [0.2, 0.25) is 10.0 Å². The van der Waals surface area contributed by atoms with Crippen molar-refractivity contribution in [2.24, 2.45) is 0 Å². The summed E-state index contributed by atoms with van der Waals surface area (Å²) in [6.07, 6.45) is 0. The number of piperazine rings is 1. The third-order valence-corrected chi connectivity index (χ3v) is 7.27. The zero-order valence-electron chi connectivity index (χ0n) is 15.9. The van der Waals surface area contributed by atoms with Crippen LogP contribution in [0.2, 0.25) is 0 Å². The Morgan fingerprint density at radius 3 is 2.54 bits per heavy atom. The fraction of sp³-hybridized carbons (Fsp3) is 0.350. The minimum absolute atomic E-state index is 0.0561. The number of anilines is 2. The van der Waals surface area contributed by atoms with Crippen LogP contribution < -0.4 is 15.0 Å². The highest BCUT2D eigenvalue weighted by molar-refractivity contribution is 7.89. The largest absolute Gasteiger partial charge is 0.482 e. The number of carbonyl (C=O) groups is 1. The second-order valence-electron chi connectivity index (χ2n) is 7.10.